The summed E-state index contributed by atoms with van der Waals surface area (Å²) in [5.74, 6) is 2.85. The molecule has 0 aromatic carbocycles. The van der Waals surface area contributed by atoms with Crippen LogP contribution in [-0.4, -0.2) is 27.0 Å². The van der Waals surface area contributed by atoms with Crippen molar-refractivity contribution in [1.82, 2.24) is 19.9 Å². The fraction of sp³-hybridized carbons (Fsp3) is 0.333. The molecule has 0 saturated heterocycles. The molecule has 1 fully saturated rings. The summed E-state index contributed by atoms with van der Waals surface area (Å²) in [5.41, 5.74) is 11.3. The summed E-state index contributed by atoms with van der Waals surface area (Å²) in [4.78, 5) is 17.3. The number of nitrogens with two attached hydrogens (primary N) is 2. The van der Waals surface area contributed by atoms with E-state index in [0.29, 0.717) is 22.7 Å². The van der Waals surface area contributed by atoms with E-state index < -0.39 is 0 Å². The molecule has 7 nitrogen and oxygen atoms in total. The second kappa shape index (κ2) is 5.12. The van der Waals surface area contributed by atoms with Crippen molar-refractivity contribution >= 4 is 29.2 Å². The van der Waals surface area contributed by atoms with Crippen molar-refractivity contribution in [2.24, 2.45) is 0 Å². The normalized spacial score (nSPS) is 14.2. The molecule has 0 amide bonds. The van der Waals surface area contributed by atoms with Crippen LogP contribution in [0.3, 0.4) is 0 Å². The first-order chi connectivity index (χ1) is 9.64. The minimum absolute atomic E-state index is 0.352. The van der Waals surface area contributed by atoms with Gasteiger partial charge in [0.2, 0.25) is 0 Å². The highest BCUT2D eigenvalue weighted by Crippen LogP contribution is 2.39. The molecule has 3 rings (SSSR count). The Labute approximate surface area is 120 Å². The summed E-state index contributed by atoms with van der Waals surface area (Å²) in [5, 5.41) is 4.32. The Bertz CT molecular complexity index is 621. The molecule has 0 bridgehead atoms. The quantitative estimate of drug-likeness (QED) is 0.573. The highest BCUT2D eigenvalue weighted by Gasteiger charge is 2.27. The molecule has 1 saturated carbocycles. The fourth-order valence-electron chi connectivity index (χ4n) is 1.75. The van der Waals surface area contributed by atoms with Gasteiger partial charge in [-0.25, -0.2) is 19.9 Å². The summed E-state index contributed by atoms with van der Waals surface area (Å²) >= 11 is 1.33. The van der Waals surface area contributed by atoms with E-state index in [9.17, 15) is 0 Å². The van der Waals surface area contributed by atoms with Gasteiger partial charge < -0.3 is 16.8 Å². The first-order valence-electron chi connectivity index (χ1n) is 6.28. The largest absolute Gasteiger partial charge is 0.383 e. The van der Waals surface area contributed by atoms with Gasteiger partial charge in [-0.15, -0.1) is 0 Å². The molecule has 2 aromatic heterocycles. The van der Waals surface area contributed by atoms with E-state index in [1.54, 1.807) is 0 Å². The number of nitrogen functional groups attached to an aromatic ring is 2. The van der Waals surface area contributed by atoms with Gasteiger partial charge in [0.1, 0.15) is 28.3 Å². The van der Waals surface area contributed by atoms with Crippen molar-refractivity contribution in [2.75, 3.05) is 23.8 Å². The van der Waals surface area contributed by atoms with Crippen molar-refractivity contribution < 1.29 is 0 Å². The molecule has 2 aromatic rings. The Kier molecular flexibility index (Phi) is 3.31. The maximum absolute atomic E-state index is 5.67. The second-order valence-corrected chi connectivity index (χ2v) is 5.56. The number of anilines is 3. The van der Waals surface area contributed by atoms with Crippen LogP contribution in [0.1, 0.15) is 24.6 Å². The number of nitrogens with zero attached hydrogens (tertiary/aromatic N) is 4. The van der Waals surface area contributed by atoms with Crippen molar-refractivity contribution in [3.63, 3.8) is 0 Å². The molecule has 0 unspecified atom stereocenters. The molecule has 0 aliphatic heterocycles. The zero-order valence-corrected chi connectivity index (χ0v) is 11.8. The molecule has 0 atom stereocenters. The van der Waals surface area contributed by atoms with Crippen molar-refractivity contribution in [3.05, 3.63) is 18.0 Å². The molecule has 1 aliphatic rings. The molecule has 8 heteroatoms. The number of hydrogen-bond donors (Lipinski definition) is 3. The van der Waals surface area contributed by atoms with Gasteiger partial charge in [0.05, 0.1) is 0 Å². The molecular formula is C12H15N7S. The van der Waals surface area contributed by atoms with E-state index in [0.717, 1.165) is 29.5 Å². The Hall–Kier alpha value is -2.09. The number of nitrogens with one attached hydrogen (secondary N) is 1. The Morgan fingerprint density at radius 3 is 2.40 bits per heavy atom. The van der Waals surface area contributed by atoms with Crippen LogP contribution < -0.4 is 16.8 Å². The van der Waals surface area contributed by atoms with Gasteiger partial charge in [-0.1, -0.05) is 0 Å². The average Bonchev–Trinajstić information content (AvgIpc) is 3.21. The van der Waals surface area contributed by atoms with Crippen LogP contribution in [-0.2, 0) is 0 Å². The summed E-state index contributed by atoms with van der Waals surface area (Å²) < 4.78 is 0. The third kappa shape index (κ3) is 2.90. The van der Waals surface area contributed by atoms with Gasteiger partial charge >= 0.3 is 0 Å². The van der Waals surface area contributed by atoms with Crippen molar-refractivity contribution in [3.8, 4) is 0 Å². The van der Waals surface area contributed by atoms with Crippen molar-refractivity contribution in [2.45, 2.75) is 28.9 Å². The zero-order valence-electron chi connectivity index (χ0n) is 11.0. The predicted molar refractivity (Wildman–Crippen MR) is 78.5 cm³/mol. The number of rotatable bonds is 4. The van der Waals surface area contributed by atoms with Gasteiger partial charge in [0.25, 0.3) is 0 Å². The molecule has 5 N–H and O–H groups in total. The monoisotopic (exact) mass is 289 g/mol. The van der Waals surface area contributed by atoms with E-state index >= 15 is 0 Å². The second-order valence-electron chi connectivity index (χ2n) is 4.58. The van der Waals surface area contributed by atoms with Crippen LogP contribution in [0.2, 0.25) is 0 Å². The van der Waals surface area contributed by atoms with E-state index in [2.05, 4.69) is 25.3 Å². The van der Waals surface area contributed by atoms with Crippen LogP contribution in [0.15, 0.2) is 22.3 Å². The molecule has 0 radical (unpaired) electrons. The van der Waals surface area contributed by atoms with Crippen LogP contribution in [0.5, 0.6) is 0 Å². The summed E-state index contributed by atoms with van der Waals surface area (Å²) in [6.07, 6.45) is 2.30. The predicted octanol–water partition coefficient (Wildman–Crippen LogP) is 1.50. The Morgan fingerprint density at radius 1 is 1.10 bits per heavy atom. The molecule has 1 aliphatic carbocycles. The van der Waals surface area contributed by atoms with E-state index in [1.165, 1.54) is 17.8 Å². The van der Waals surface area contributed by atoms with Crippen LogP contribution in [0, 0.1) is 0 Å². The van der Waals surface area contributed by atoms with E-state index in [4.69, 9.17) is 11.5 Å². The minimum atomic E-state index is 0.352. The smallest absolute Gasteiger partial charge is 0.197 e. The highest BCUT2D eigenvalue weighted by atomic mass is 32.2. The third-order valence-corrected chi connectivity index (χ3v) is 3.64. The Balaban J connectivity index is 1.90. The first-order valence-corrected chi connectivity index (χ1v) is 7.10. The minimum Gasteiger partial charge on any atom is -0.383 e. The topological polar surface area (TPSA) is 116 Å². The lowest BCUT2D eigenvalue weighted by Crippen LogP contribution is -2.02. The lowest BCUT2D eigenvalue weighted by Gasteiger charge is -2.07. The maximum atomic E-state index is 5.67. The van der Waals surface area contributed by atoms with Gasteiger partial charge in [0.15, 0.2) is 5.16 Å². The number of aromatic nitrogens is 4. The van der Waals surface area contributed by atoms with Gasteiger partial charge in [-0.05, 0) is 24.6 Å². The van der Waals surface area contributed by atoms with Crippen molar-refractivity contribution in [1.29, 1.82) is 0 Å². The molecule has 0 spiro atoms. The zero-order chi connectivity index (χ0) is 14.1. The molecule has 2 heterocycles. The SMILES string of the molecule is CNc1cc(Sc2nc(N)cc(N)n2)nc(C2CC2)n1. The lowest BCUT2D eigenvalue weighted by atomic mass is 10.4. The standard InChI is InChI=1S/C12H15N7S/c1-15-9-5-10(19-11(18-9)6-2-3-6)20-12-16-7(13)4-8(14)17-12/h4-6H,2-3H2,1H3,(H,15,18,19)(H4,13,14,16,17). The molecule has 20 heavy (non-hydrogen) atoms. The summed E-state index contributed by atoms with van der Waals surface area (Å²) in [6, 6.07) is 3.39. The average molecular weight is 289 g/mol. The first kappa shape index (κ1) is 12.9. The van der Waals surface area contributed by atoms with Crippen LogP contribution in [0.4, 0.5) is 17.5 Å². The summed E-state index contributed by atoms with van der Waals surface area (Å²) in [7, 11) is 1.84. The molecular weight excluding hydrogens is 274 g/mol. The van der Waals surface area contributed by atoms with Gasteiger partial charge in [0, 0.05) is 25.1 Å². The molecule has 104 valence electrons. The van der Waals surface area contributed by atoms with E-state index in [1.807, 2.05) is 13.1 Å². The van der Waals surface area contributed by atoms with Gasteiger partial charge in [-0.2, -0.15) is 0 Å². The fourth-order valence-corrected chi connectivity index (χ4v) is 2.55. The lowest BCUT2D eigenvalue weighted by molar-refractivity contribution is 0.876. The van der Waals surface area contributed by atoms with E-state index in [-0.39, 0.29) is 0 Å². The highest BCUT2D eigenvalue weighted by molar-refractivity contribution is 7.99. The summed E-state index contributed by atoms with van der Waals surface area (Å²) in [6.45, 7) is 0. The number of hydrogen-bond acceptors (Lipinski definition) is 8. The van der Waals surface area contributed by atoms with Crippen LogP contribution >= 0.6 is 11.8 Å². The van der Waals surface area contributed by atoms with Gasteiger partial charge in [-0.3, -0.25) is 0 Å². The third-order valence-electron chi connectivity index (χ3n) is 2.86. The maximum Gasteiger partial charge on any atom is 0.197 e. The Morgan fingerprint density at radius 2 is 1.80 bits per heavy atom. The van der Waals surface area contributed by atoms with Crippen LogP contribution in [0.25, 0.3) is 0 Å².